The standard InChI is InChI=1S/C16H17FN2O/c1-10(2)16-18-14(11-6-7-11)9-15(19-16)20-13-5-3-4-12(17)8-13/h3-5,8-11H,6-7H2,1-2H3. The summed E-state index contributed by atoms with van der Waals surface area (Å²) in [7, 11) is 0. The summed E-state index contributed by atoms with van der Waals surface area (Å²) in [6.07, 6.45) is 2.35. The first-order chi connectivity index (χ1) is 9.61. The lowest BCUT2D eigenvalue weighted by molar-refractivity contribution is 0.451. The number of benzene rings is 1. The van der Waals surface area contributed by atoms with Gasteiger partial charge >= 0.3 is 0 Å². The van der Waals surface area contributed by atoms with Crippen molar-refractivity contribution in [1.29, 1.82) is 0 Å². The smallest absolute Gasteiger partial charge is 0.222 e. The zero-order valence-electron chi connectivity index (χ0n) is 11.6. The van der Waals surface area contributed by atoms with Gasteiger partial charge in [-0.25, -0.2) is 9.37 Å². The predicted octanol–water partition coefficient (Wildman–Crippen LogP) is 4.41. The molecule has 0 bridgehead atoms. The molecule has 0 atom stereocenters. The average molecular weight is 272 g/mol. The second kappa shape index (κ2) is 5.19. The van der Waals surface area contributed by atoms with E-state index in [1.165, 1.54) is 25.0 Å². The highest BCUT2D eigenvalue weighted by molar-refractivity contribution is 5.30. The van der Waals surface area contributed by atoms with Crippen molar-refractivity contribution < 1.29 is 9.13 Å². The van der Waals surface area contributed by atoms with Gasteiger partial charge in [-0.3, -0.25) is 0 Å². The summed E-state index contributed by atoms with van der Waals surface area (Å²) in [6.45, 7) is 4.11. The van der Waals surface area contributed by atoms with E-state index < -0.39 is 0 Å². The third-order valence-electron chi connectivity index (χ3n) is 3.27. The number of nitrogens with zero attached hydrogens (tertiary/aromatic N) is 2. The summed E-state index contributed by atoms with van der Waals surface area (Å²) < 4.78 is 18.9. The SMILES string of the molecule is CC(C)c1nc(Oc2cccc(F)c2)cc(C2CC2)n1. The Bertz CT molecular complexity index is 603. The Morgan fingerprint density at radius 2 is 2.00 bits per heavy atom. The summed E-state index contributed by atoms with van der Waals surface area (Å²) in [5, 5.41) is 0. The minimum Gasteiger partial charge on any atom is -0.439 e. The topological polar surface area (TPSA) is 35.0 Å². The van der Waals surface area contributed by atoms with Crippen LogP contribution in [0.4, 0.5) is 4.39 Å². The molecule has 1 aliphatic rings. The lowest BCUT2D eigenvalue weighted by Gasteiger charge is -2.10. The minimum atomic E-state index is -0.317. The molecule has 1 saturated carbocycles. The van der Waals surface area contributed by atoms with E-state index in [4.69, 9.17) is 4.74 Å². The van der Waals surface area contributed by atoms with E-state index in [1.807, 2.05) is 6.07 Å². The quantitative estimate of drug-likeness (QED) is 0.827. The molecule has 0 aliphatic heterocycles. The van der Waals surface area contributed by atoms with Crippen molar-refractivity contribution in [3.8, 4) is 11.6 Å². The van der Waals surface area contributed by atoms with Crippen molar-refractivity contribution in [3.05, 3.63) is 47.7 Å². The monoisotopic (exact) mass is 272 g/mol. The highest BCUT2D eigenvalue weighted by atomic mass is 19.1. The first-order valence-electron chi connectivity index (χ1n) is 6.94. The Balaban J connectivity index is 1.91. The van der Waals surface area contributed by atoms with E-state index in [0.717, 1.165) is 11.5 Å². The van der Waals surface area contributed by atoms with Crippen LogP contribution in [0.2, 0.25) is 0 Å². The maximum absolute atomic E-state index is 13.2. The van der Waals surface area contributed by atoms with E-state index in [2.05, 4.69) is 23.8 Å². The third-order valence-corrected chi connectivity index (χ3v) is 3.27. The van der Waals surface area contributed by atoms with Gasteiger partial charge in [-0.2, -0.15) is 4.98 Å². The van der Waals surface area contributed by atoms with Crippen LogP contribution in [-0.4, -0.2) is 9.97 Å². The van der Waals surface area contributed by atoms with E-state index in [-0.39, 0.29) is 11.7 Å². The molecule has 20 heavy (non-hydrogen) atoms. The third kappa shape index (κ3) is 2.95. The molecule has 0 unspecified atom stereocenters. The van der Waals surface area contributed by atoms with Crippen molar-refractivity contribution >= 4 is 0 Å². The maximum Gasteiger partial charge on any atom is 0.222 e. The fourth-order valence-corrected chi connectivity index (χ4v) is 2.01. The molecule has 0 amide bonds. The number of halogens is 1. The number of hydrogen-bond donors (Lipinski definition) is 0. The lowest BCUT2D eigenvalue weighted by Crippen LogP contribution is -2.02. The second-order valence-corrected chi connectivity index (χ2v) is 5.48. The van der Waals surface area contributed by atoms with Crippen LogP contribution < -0.4 is 4.74 Å². The minimum absolute atomic E-state index is 0.239. The van der Waals surface area contributed by atoms with Gasteiger partial charge in [-0.05, 0) is 25.0 Å². The average Bonchev–Trinajstić information content (AvgIpc) is 3.22. The van der Waals surface area contributed by atoms with Crippen molar-refractivity contribution in [3.63, 3.8) is 0 Å². The molecule has 1 heterocycles. The molecule has 3 nitrogen and oxygen atoms in total. The number of rotatable bonds is 4. The molecular weight excluding hydrogens is 255 g/mol. The fraction of sp³-hybridized carbons (Fsp3) is 0.375. The summed E-state index contributed by atoms with van der Waals surface area (Å²) in [5.41, 5.74) is 1.04. The van der Waals surface area contributed by atoms with Crippen molar-refractivity contribution in [1.82, 2.24) is 9.97 Å². The van der Waals surface area contributed by atoms with Gasteiger partial charge in [0.1, 0.15) is 17.4 Å². The fourth-order valence-electron chi connectivity index (χ4n) is 2.01. The largest absolute Gasteiger partial charge is 0.439 e. The molecule has 0 saturated heterocycles. The molecule has 1 aromatic carbocycles. The van der Waals surface area contributed by atoms with Crippen molar-refractivity contribution in [2.75, 3.05) is 0 Å². The Kier molecular flexibility index (Phi) is 3.38. The normalized spacial score (nSPS) is 14.6. The summed E-state index contributed by atoms with van der Waals surface area (Å²) >= 11 is 0. The van der Waals surface area contributed by atoms with Gasteiger partial charge in [0.05, 0.1) is 5.69 Å². The number of hydrogen-bond acceptors (Lipinski definition) is 3. The molecule has 1 fully saturated rings. The summed E-state index contributed by atoms with van der Waals surface area (Å²) in [6, 6.07) is 7.96. The van der Waals surface area contributed by atoms with Crippen LogP contribution in [0.3, 0.4) is 0 Å². The van der Waals surface area contributed by atoms with Crippen molar-refractivity contribution in [2.24, 2.45) is 0 Å². The molecule has 2 aromatic rings. The van der Waals surface area contributed by atoms with Crippen LogP contribution in [0.5, 0.6) is 11.6 Å². The summed E-state index contributed by atoms with van der Waals surface area (Å²) in [5.74, 6) is 2.19. The Morgan fingerprint density at radius 3 is 2.65 bits per heavy atom. The zero-order valence-corrected chi connectivity index (χ0v) is 11.6. The van der Waals surface area contributed by atoms with E-state index in [9.17, 15) is 4.39 Å². The molecule has 3 rings (SSSR count). The van der Waals surface area contributed by atoms with E-state index in [1.54, 1.807) is 12.1 Å². The van der Waals surface area contributed by atoms with Gasteiger partial charge in [0.15, 0.2) is 0 Å². The van der Waals surface area contributed by atoms with Crippen LogP contribution in [0.15, 0.2) is 30.3 Å². The van der Waals surface area contributed by atoms with Crippen molar-refractivity contribution in [2.45, 2.75) is 38.5 Å². The van der Waals surface area contributed by atoms with E-state index >= 15 is 0 Å². The molecule has 0 spiro atoms. The van der Waals surface area contributed by atoms with Crippen LogP contribution in [0.25, 0.3) is 0 Å². The lowest BCUT2D eigenvalue weighted by atomic mass is 10.2. The zero-order chi connectivity index (χ0) is 14.1. The Morgan fingerprint density at radius 1 is 1.20 bits per heavy atom. The van der Waals surface area contributed by atoms with E-state index in [0.29, 0.717) is 17.5 Å². The first kappa shape index (κ1) is 13.0. The number of aromatic nitrogens is 2. The molecule has 0 radical (unpaired) electrons. The second-order valence-electron chi connectivity index (χ2n) is 5.48. The molecule has 104 valence electrons. The molecule has 1 aliphatic carbocycles. The van der Waals surface area contributed by atoms with Gasteiger partial charge < -0.3 is 4.74 Å². The van der Waals surface area contributed by atoms with Crippen LogP contribution in [0, 0.1) is 5.82 Å². The molecule has 1 aromatic heterocycles. The van der Waals surface area contributed by atoms with Gasteiger partial charge in [0.2, 0.25) is 5.88 Å². The van der Waals surface area contributed by atoms with Gasteiger partial charge in [-0.15, -0.1) is 0 Å². The molecular formula is C16H17FN2O. The van der Waals surface area contributed by atoms with Gasteiger partial charge in [-0.1, -0.05) is 19.9 Å². The summed E-state index contributed by atoms with van der Waals surface area (Å²) in [4.78, 5) is 9.00. The molecule has 4 heteroatoms. The highest BCUT2D eigenvalue weighted by Gasteiger charge is 2.26. The first-order valence-corrected chi connectivity index (χ1v) is 6.94. The van der Waals surface area contributed by atoms with Gasteiger partial charge in [0.25, 0.3) is 0 Å². The highest BCUT2D eigenvalue weighted by Crippen LogP contribution is 2.40. The van der Waals surface area contributed by atoms with Crippen LogP contribution in [-0.2, 0) is 0 Å². The Labute approximate surface area is 117 Å². The number of ether oxygens (including phenoxy) is 1. The van der Waals surface area contributed by atoms with Crippen LogP contribution >= 0.6 is 0 Å². The molecule has 0 N–H and O–H groups in total. The van der Waals surface area contributed by atoms with Gasteiger partial charge in [0, 0.05) is 24.0 Å². The van der Waals surface area contributed by atoms with Crippen LogP contribution in [0.1, 0.15) is 50.0 Å². The Hall–Kier alpha value is -1.97. The predicted molar refractivity (Wildman–Crippen MR) is 74.6 cm³/mol. The maximum atomic E-state index is 13.2.